The number of fused-ring (bicyclic) bond motifs is 3. The minimum atomic E-state index is -0.485. The zero-order valence-electron chi connectivity index (χ0n) is 13.5. The molecule has 0 bridgehead atoms. The zero-order valence-corrected chi connectivity index (χ0v) is 15.9. The van der Waals surface area contributed by atoms with E-state index in [0.717, 1.165) is 28.0 Å². The zero-order chi connectivity index (χ0) is 17.4. The quantitative estimate of drug-likeness (QED) is 0.492. The molecule has 4 nitrogen and oxygen atoms in total. The molecule has 25 heavy (non-hydrogen) atoms. The minimum Gasteiger partial charge on any atom is -0.340 e. The van der Waals surface area contributed by atoms with Crippen LogP contribution < -0.4 is 5.48 Å². The van der Waals surface area contributed by atoms with Crippen LogP contribution in [0.2, 0.25) is 0 Å². The molecule has 1 aliphatic heterocycles. The topological polar surface area (TPSA) is 54.3 Å². The largest absolute Gasteiger partial charge is 0.340 e. The maximum atomic E-state index is 11.7. The monoisotopic (exact) mass is 416 g/mol. The molecule has 0 atom stereocenters. The van der Waals surface area contributed by atoms with Crippen molar-refractivity contribution >= 4 is 44.5 Å². The Balaban J connectivity index is 1.81. The van der Waals surface area contributed by atoms with Crippen LogP contribution in [-0.4, -0.2) is 21.4 Å². The van der Waals surface area contributed by atoms with Crippen molar-refractivity contribution in [1.82, 2.24) is 10.0 Å². The lowest BCUT2D eigenvalue weighted by molar-refractivity contribution is 0.0706. The predicted octanol–water partition coefficient (Wildman–Crippen LogP) is 4.36. The van der Waals surface area contributed by atoms with Crippen LogP contribution in [0.3, 0.4) is 0 Å². The predicted molar refractivity (Wildman–Crippen MR) is 104 cm³/mol. The number of thioether (sulfide) groups is 1. The smallest absolute Gasteiger partial charge is 0.274 e. The fraction of sp³-hybridized carbons (Fsp3) is 0.211. The molecule has 0 spiro atoms. The van der Waals surface area contributed by atoms with E-state index in [-0.39, 0.29) is 0 Å². The molecule has 128 valence electrons. The van der Waals surface area contributed by atoms with Crippen LogP contribution in [0.4, 0.5) is 0 Å². The van der Waals surface area contributed by atoms with E-state index < -0.39 is 5.91 Å². The molecule has 1 amide bonds. The van der Waals surface area contributed by atoms with Crippen LogP contribution in [0.5, 0.6) is 0 Å². The standard InChI is InChI=1S/C19H17BrN2O2S/c20-14-4-5-17-15(9-14)16-11-25-7-6-18(16)22(17)10-12-2-1-3-13(8-12)19(23)21-24/h1-5,8-9,24H,6-7,10-11H2,(H,21,23). The van der Waals surface area contributed by atoms with Gasteiger partial charge in [-0.1, -0.05) is 28.1 Å². The van der Waals surface area contributed by atoms with Gasteiger partial charge in [-0.25, -0.2) is 5.48 Å². The van der Waals surface area contributed by atoms with Crippen LogP contribution in [0.15, 0.2) is 46.9 Å². The summed E-state index contributed by atoms with van der Waals surface area (Å²) < 4.78 is 3.46. The number of hydrogen-bond donors (Lipinski definition) is 2. The van der Waals surface area contributed by atoms with Crippen molar-refractivity contribution in [3.8, 4) is 0 Å². The Morgan fingerprint density at radius 2 is 2.16 bits per heavy atom. The highest BCUT2D eigenvalue weighted by atomic mass is 79.9. The summed E-state index contributed by atoms with van der Waals surface area (Å²) >= 11 is 5.56. The molecule has 0 radical (unpaired) electrons. The van der Waals surface area contributed by atoms with Gasteiger partial charge in [0, 0.05) is 38.9 Å². The number of benzene rings is 2. The lowest BCUT2D eigenvalue weighted by atomic mass is 10.1. The molecule has 6 heteroatoms. The van der Waals surface area contributed by atoms with E-state index in [1.807, 2.05) is 30.0 Å². The second kappa shape index (κ2) is 6.86. The lowest BCUT2D eigenvalue weighted by Crippen LogP contribution is -2.18. The summed E-state index contributed by atoms with van der Waals surface area (Å²) in [7, 11) is 0. The van der Waals surface area contributed by atoms with E-state index in [0.29, 0.717) is 12.1 Å². The van der Waals surface area contributed by atoms with Gasteiger partial charge < -0.3 is 4.57 Å². The number of carbonyl (C=O) groups is 1. The summed E-state index contributed by atoms with van der Waals surface area (Å²) in [5, 5.41) is 10.2. The van der Waals surface area contributed by atoms with Gasteiger partial charge in [0.2, 0.25) is 0 Å². The van der Waals surface area contributed by atoms with E-state index in [2.05, 4.69) is 38.7 Å². The summed E-state index contributed by atoms with van der Waals surface area (Å²) in [6.45, 7) is 0.713. The average molecular weight is 417 g/mol. The van der Waals surface area contributed by atoms with Crippen molar-refractivity contribution in [1.29, 1.82) is 0 Å². The highest BCUT2D eigenvalue weighted by Gasteiger charge is 2.20. The Hall–Kier alpha value is -1.76. The molecule has 4 rings (SSSR count). The van der Waals surface area contributed by atoms with Crippen LogP contribution in [0.25, 0.3) is 10.9 Å². The second-order valence-corrected chi connectivity index (χ2v) is 8.14. The molecule has 0 fully saturated rings. The first-order valence-corrected chi connectivity index (χ1v) is 10.0. The number of hydrogen-bond acceptors (Lipinski definition) is 3. The summed E-state index contributed by atoms with van der Waals surface area (Å²) in [6.07, 6.45) is 1.06. The number of aromatic nitrogens is 1. The minimum absolute atomic E-state index is 0.462. The molecule has 0 saturated carbocycles. The normalized spacial score (nSPS) is 13.7. The number of rotatable bonds is 3. The third kappa shape index (κ3) is 3.10. The highest BCUT2D eigenvalue weighted by molar-refractivity contribution is 9.10. The summed E-state index contributed by atoms with van der Waals surface area (Å²) in [5.74, 6) is 1.70. The summed E-state index contributed by atoms with van der Waals surface area (Å²) in [5.41, 5.74) is 7.25. The maximum absolute atomic E-state index is 11.7. The molecule has 3 aromatic rings. The number of hydroxylamine groups is 1. The van der Waals surface area contributed by atoms with E-state index in [1.54, 1.807) is 11.5 Å². The van der Waals surface area contributed by atoms with Gasteiger partial charge in [-0.05, 0) is 53.6 Å². The van der Waals surface area contributed by atoms with Crippen molar-refractivity contribution in [2.75, 3.05) is 5.75 Å². The molecule has 0 saturated heterocycles. The maximum Gasteiger partial charge on any atom is 0.274 e. The van der Waals surface area contributed by atoms with Gasteiger partial charge in [0.1, 0.15) is 0 Å². The second-order valence-electron chi connectivity index (χ2n) is 6.12. The molecular formula is C19H17BrN2O2S. The van der Waals surface area contributed by atoms with Gasteiger partial charge in [0.05, 0.1) is 0 Å². The van der Waals surface area contributed by atoms with Gasteiger partial charge in [0.15, 0.2) is 0 Å². The van der Waals surface area contributed by atoms with Gasteiger partial charge in [-0.15, -0.1) is 0 Å². The molecule has 2 aromatic carbocycles. The van der Waals surface area contributed by atoms with Gasteiger partial charge in [-0.2, -0.15) is 11.8 Å². The Bertz CT molecular complexity index is 967. The van der Waals surface area contributed by atoms with E-state index in [4.69, 9.17) is 5.21 Å². The number of nitrogens with zero attached hydrogens (tertiary/aromatic N) is 1. The van der Waals surface area contributed by atoms with Crippen molar-refractivity contribution in [2.45, 2.75) is 18.7 Å². The number of nitrogens with one attached hydrogen (secondary N) is 1. The van der Waals surface area contributed by atoms with Crippen LogP contribution in [0, 0.1) is 0 Å². The molecule has 0 unspecified atom stereocenters. The van der Waals surface area contributed by atoms with Crippen molar-refractivity contribution in [2.24, 2.45) is 0 Å². The number of halogens is 1. The SMILES string of the molecule is O=C(NO)c1cccc(Cn2c3c(c4cc(Br)ccc42)CSCC3)c1. The first kappa shape index (κ1) is 16.7. The third-order valence-electron chi connectivity index (χ3n) is 4.61. The number of amides is 1. The Morgan fingerprint density at radius 1 is 1.28 bits per heavy atom. The van der Waals surface area contributed by atoms with Gasteiger partial charge in [0.25, 0.3) is 5.91 Å². The molecule has 1 aliphatic rings. The molecule has 1 aromatic heterocycles. The molecule has 2 N–H and O–H groups in total. The Morgan fingerprint density at radius 3 is 3.00 bits per heavy atom. The molecule has 0 aliphatic carbocycles. The van der Waals surface area contributed by atoms with E-state index in [9.17, 15) is 4.79 Å². The fourth-order valence-electron chi connectivity index (χ4n) is 3.48. The molecular weight excluding hydrogens is 400 g/mol. The van der Waals surface area contributed by atoms with E-state index in [1.165, 1.54) is 22.2 Å². The third-order valence-corrected chi connectivity index (χ3v) is 6.09. The summed E-state index contributed by atoms with van der Waals surface area (Å²) in [4.78, 5) is 11.7. The van der Waals surface area contributed by atoms with Crippen LogP contribution in [-0.2, 0) is 18.7 Å². The van der Waals surface area contributed by atoms with Crippen molar-refractivity contribution in [3.63, 3.8) is 0 Å². The Labute approximate surface area is 158 Å². The highest BCUT2D eigenvalue weighted by Crippen LogP contribution is 2.35. The Kier molecular flexibility index (Phi) is 4.58. The van der Waals surface area contributed by atoms with E-state index >= 15 is 0 Å². The van der Waals surface area contributed by atoms with Crippen molar-refractivity contribution in [3.05, 3.63) is 69.3 Å². The lowest BCUT2D eigenvalue weighted by Gasteiger charge is -2.16. The summed E-state index contributed by atoms with van der Waals surface area (Å²) in [6, 6.07) is 13.8. The fourth-order valence-corrected chi connectivity index (χ4v) is 4.85. The van der Waals surface area contributed by atoms with Crippen LogP contribution in [0.1, 0.15) is 27.2 Å². The van der Waals surface area contributed by atoms with Crippen LogP contribution >= 0.6 is 27.7 Å². The first-order valence-electron chi connectivity index (χ1n) is 8.08. The van der Waals surface area contributed by atoms with Gasteiger partial charge >= 0.3 is 0 Å². The first-order chi connectivity index (χ1) is 12.2. The molecule has 2 heterocycles. The van der Waals surface area contributed by atoms with Gasteiger partial charge in [-0.3, -0.25) is 10.0 Å². The average Bonchev–Trinajstić information content (AvgIpc) is 2.95. The number of carbonyl (C=O) groups excluding carboxylic acids is 1. The van der Waals surface area contributed by atoms with Crippen molar-refractivity contribution < 1.29 is 10.0 Å².